The number of nitrogens with one attached hydrogen (secondary N) is 1. The van der Waals surface area contributed by atoms with Gasteiger partial charge < -0.3 is 10.2 Å². The van der Waals surface area contributed by atoms with Crippen LogP contribution in [0.25, 0.3) is 21.5 Å². The van der Waals surface area contributed by atoms with Crippen molar-refractivity contribution >= 4 is 21.5 Å². The second-order valence-electron chi connectivity index (χ2n) is 6.73. The predicted molar refractivity (Wildman–Crippen MR) is 112 cm³/mol. The number of aliphatic hydroxyl groups is 2. The molecular formula is C23H18N2O4. The maximum atomic E-state index is 12.2. The highest BCUT2D eigenvalue weighted by Crippen LogP contribution is 2.28. The fourth-order valence-electron chi connectivity index (χ4n) is 3.31. The van der Waals surface area contributed by atoms with Gasteiger partial charge in [-0.1, -0.05) is 60.4 Å². The fraction of sp³-hybridized carbons (Fsp3) is 0.130. The molecule has 29 heavy (non-hydrogen) atoms. The van der Waals surface area contributed by atoms with E-state index in [2.05, 4.69) is 22.9 Å². The summed E-state index contributed by atoms with van der Waals surface area (Å²) in [5, 5.41) is 22.8. The van der Waals surface area contributed by atoms with Crippen LogP contribution in [-0.2, 0) is 6.54 Å². The zero-order valence-electron chi connectivity index (χ0n) is 15.4. The number of aliphatic hydroxyl groups excluding tert-OH is 2. The number of nitrogens with zero attached hydrogens (tertiary/aromatic N) is 1. The third kappa shape index (κ3) is 3.69. The molecule has 4 rings (SSSR count). The Bertz CT molecular complexity index is 1390. The van der Waals surface area contributed by atoms with Gasteiger partial charge in [0.15, 0.2) is 0 Å². The molecule has 0 fully saturated rings. The molecule has 0 aliphatic carbocycles. The molecular weight excluding hydrogens is 368 g/mol. The molecule has 0 aliphatic rings. The van der Waals surface area contributed by atoms with Crippen molar-refractivity contribution in [1.29, 1.82) is 0 Å². The molecule has 0 bridgehead atoms. The van der Waals surface area contributed by atoms with Gasteiger partial charge in [0.1, 0.15) is 5.56 Å². The second kappa shape index (κ2) is 7.76. The van der Waals surface area contributed by atoms with Crippen LogP contribution in [0.3, 0.4) is 0 Å². The monoisotopic (exact) mass is 386 g/mol. The summed E-state index contributed by atoms with van der Waals surface area (Å²) in [6, 6.07) is 17.9. The molecule has 1 atom stereocenters. The molecule has 0 unspecified atom stereocenters. The molecule has 0 aliphatic heterocycles. The molecule has 1 heterocycles. The lowest BCUT2D eigenvalue weighted by atomic mass is 9.97. The number of H-pyrrole nitrogens is 1. The van der Waals surface area contributed by atoms with Gasteiger partial charge in [-0.05, 0) is 27.6 Å². The Kier molecular flexibility index (Phi) is 5.00. The highest BCUT2D eigenvalue weighted by atomic mass is 16.3. The van der Waals surface area contributed by atoms with E-state index < -0.39 is 24.0 Å². The topological polar surface area (TPSA) is 95.3 Å². The lowest BCUT2D eigenvalue weighted by molar-refractivity contribution is 0.0800. The molecule has 0 spiro atoms. The Morgan fingerprint density at radius 1 is 0.931 bits per heavy atom. The largest absolute Gasteiger partial charge is 0.394 e. The molecule has 6 nitrogen and oxygen atoms in total. The number of benzene rings is 3. The summed E-state index contributed by atoms with van der Waals surface area (Å²) >= 11 is 0. The van der Waals surface area contributed by atoms with Crippen LogP contribution in [0.5, 0.6) is 0 Å². The van der Waals surface area contributed by atoms with Gasteiger partial charge in [-0.15, -0.1) is 0 Å². The van der Waals surface area contributed by atoms with Crippen LogP contribution in [0.15, 0.2) is 70.4 Å². The predicted octanol–water partition coefficient (Wildman–Crippen LogP) is 1.60. The first-order valence-corrected chi connectivity index (χ1v) is 9.12. The number of aromatic amines is 1. The molecule has 6 heteroatoms. The van der Waals surface area contributed by atoms with E-state index in [9.17, 15) is 14.7 Å². The third-order valence-electron chi connectivity index (χ3n) is 4.73. The van der Waals surface area contributed by atoms with Gasteiger partial charge in [0.2, 0.25) is 0 Å². The quantitative estimate of drug-likeness (QED) is 0.368. The molecule has 1 aromatic heterocycles. The molecule has 3 N–H and O–H groups in total. The van der Waals surface area contributed by atoms with Gasteiger partial charge in [0.25, 0.3) is 5.56 Å². The Hall–Kier alpha value is -3.66. The third-order valence-corrected chi connectivity index (χ3v) is 4.73. The summed E-state index contributed by atoms with van der Waals surface area (Å²) in [6.45, 7) is -0.630. The van der Waals surface area contributed by atoms with Crippen LogP contribution >= 0.6 is 0 Å². The Morgan fingerprint density at radius 3 is 2.34 bits per heavy atom. The van der Waals surface area contributed by atoms with Crippen molar-refractivity contribution in [2.75, 3.05) is 6.61 Å². The number of rotatable bonds is 3. The van der Waals surface area contributed by atoms with E-state index in [0.717, 1.165) is 31.7 Å². The summed E-state index contributed by atoms with van der Waals surface area (Å²) in [5.41, 5.74) is -0.384. The average molecular weight is 386 g/mol. The van der Waals surface area contributed by atoms with Crippen molar-refractivity contribution in [3.63, 3.8) is 0 Å². The number of aromatic nitrogens is 2. The summed E-state index contributed by atoms with van der Waals surface area (Å²) in [5.74, 6) is 5.90. The average Bonchev–Trinajstić information content (AvgIpc) is 2.74. The first-order chi connectivity index (χ1) is 14.1. The van der Waals surface area contributed by atoms with Gasteiger partial charge in [-0.25, -0.2) is 4.79 Å². The van der Waals surface area contributed by atoms with Crippen LogP contribution < -0.4 is 11.2 Å². The smallest absolute Gasteiger partial charge is 0.328 e. The number of fused-ring (bicyclic) bond motifs is 3. The number of hydrogen-bond acceptors (Lipinski definition) is 4. The minimum Gasteiger partial charge on any atom is -0.394 e. The zero-order chi connectivity index (χ0) is 20.4. The zero-order valence-corrected chi connectivity index (χ0v) is 15.4. The van der Waals surface area contributed by atoms with Crippen molar-refractivity contribution < 1.29 is 10.2 Å². The normalized spacial score (nSPS) is 11.9. The minimum atomic E-state index is -1.11. The summed E-state index contributed by atoms with van der Waals surface area (Å²) in [6.07, 6.45) is 0.194. The van der Waals surface area contributed by atoms with Gasteiger partial charge in [-0.3, -0.25) is 14.3 Å². The molecule has 0 saturated carbocycles. The van der Waals surface area contributed by atoms with E-state index in [1.54, 1.807) is 0 Å². The second-order valence-corrected chi connectivity index (χ2v) is 6.73. The Balaban J connectivity index is 1.86. The van der Waals surface area contributed by atoms with Crippen molar-refractivity contribution in [2.24, 2.45) is 0 Å². The van der Waals surface area contributed by atoms with E-state index in [-0.39, 0.29) is 12.1 Å². The van der Waals surface area contributed by atoms with Crippen LogP contribution in [0, 0.1) is 11.8 Å². The van der Waals surface area contributed by atoms with E-state index in [0.29, 0.717) is 0 Å². The first kappa shape index (κ1) is 18.7. The summed E-state index contributed by atoms with van der Waals surface area (Å²) in [7, 11) is 0. The SMILES string of the molecule is O=c1[nH]c(=O)n(C[C@H](O)CO)cc1C#Cc1cc2ccccc2c2ccccc12. The molecule has 144 valence electrons. The Labute approximate surface area is 165 Å². The van der Waals surface area contributed by atoms with Gasteiger partial charge >= 0.3 is 5.69 Å². The molecule has 3 aromatic carbocycles. The van der Waals surface area contributed by atoms with Crippen LogP contribution in [0.4, 0.5) is 0 Å². The van der Waals surface area contributed by atoms with Crippen molar-refractivity contribution in [3.05, 3.63) is 92.8 Å². The highest BCUT2D eigenvalue weighted by molar-refractivity contribution is 6.09. The van der Waals surface area contributed by atoms with Crippen LogP contribution in [0.2, 0.25) is 0 Å². The first-order valence-electron chi connectivity index (χ1n) is 9.12. The van der Waals surface area contributed by atoms with Gasteiger partial charge in [0, 0.05) is 11.8 Å². The molecule has 0 saturated heterocycles. The fourth-order valence-corrected chi connectivity index (χ4v) is 3.31. The van der Waals surface area contributed by atoms with Gasteiger partial charge in [-0.2, -0.15) is 0 Å². The maximum Gasteiger partial charge on any atom is 0.328 e. The summed E-state index contributed by atoms with van der Waals surface area (Å²) in [4.78, 5) is 26.3. The van der Waals surface area contributed by atoms with Crippen LogP contribution in [0.1, 0.15) is 11.1 Å². The molecule has 0 radical (unpaired) electrons. The standard InChI is InChI=1S/C23H18N2O4/c26-14-18(27)13-25-12-17(22(28)24-23(25)29)10-9-16-11-15-5-1-2-6-19(15)21-8-4-3-7-20(16)21/h1-8,11-12,18,26-27H,13-14H2,(H,24,28,29)/t18-/m0/s1. The minimum absolute atomic E-state index is 0.104. The van der Waals surface area contributed by atoms with E-state index in [1.807, 2.05) is 48.5 Å². The number of hydrogen-bond donors (Lipinski definition) is 3. The van der Waals surface area contributed by atoms with E-state index >= 15 is 0 Å². The van der Waals surface area contributed by atoms with E-state index in [4.69, 9.17) is 5.11 Å². The maximum absolute atomic E-state index is 12.2. The lowest BCUT2D eigenvalue weighted by Gasteiger charge is -2.09. The Morgan fingerprint density at radius 2 is 1.59 bits per heavy atom. The molecule has 4 aromatic rings. The molecule has 0 amide bonds. The van der Waals surface area contributed by atoms with Crippen molar-refractivity contribution in [1.82, 2.24) is 9.55 Å². The highest BCUT2D eigenvalue weighted by Gasteiger charge is 2.08. The lowest BCUT2D eigenvalue weighted by Crippen LogP contribution is -2.34. The van der Waals surface area contributed by atoms with Crippen molar-refractivity contribution in [2.45, 2.75) is 12.6 Å². The van der Waals surface area contributed by atoms with E-state index in [1.165, 1.54) is 6.20 Å². The van der Waals surface area contributed by atoms with Gasteiger partial charge in [0.05, 0.1) is 19.3 Å². The van der Waals surface area contributed by atoms with Crippen molar-refractivity contribution in [3.8, 4) is 11.8 Å². The summed E-state index contributed by atoms with van der Waals surface area (Å²) < 4.78 is 1.13. The van der Waals surface area contributed by atoms with Crippen LogP contribution in [-0.4, -0.2) is 32.5 Å².